The van der Waals surface area contributed by atoms with E-state index in [0.29, 0.717) is 18.4 Å². The minimum Gasteiger partial charge on any atom is -0.360 e. The molecule has 122 valence electrons. The highest BCUT2D eigenvalue weighted by Gasteiger charge is 2.61. The molecule has 23 heavy (non-hydrogen) atoms. The van der Waals surface area contributed by atoms with Gasteiger partial charge in [-0.25, -0.2) is 0 Å². The van der Waals surface area contributed by atoms with Gasteiger partial charge in [0, 0.05) is 12.1 Å². The average Bonchev–Trinajstić information content (AvgIpc) is 3.18. The topological polar surface area (TPSA) is 74.2 Å². The Morgan fingerprint density at radius 3 is 2.74 bits per heavy atom. The minimum absolute atomic E-state index is 0.0149. The predicted octanol–water partition coefficient (Wildman–Crippen LogP) is 2.72. The van der Waals surface area contributed by atoms with Crippen LogP contribution in [-0.4, -0.2) is 22.8 Å². The third kappa shape index (κ3) is 2.24. The van der Waals surface area contributed by atoms with Crippen molar-refractivity contribution in [1.29, 1.82) is 0 Å². The van der Waals surface area contributed by atoms with Crippen molar-refractivity contribution in [2.24, 2.45) is 11.7 Å². The number of nitrogens with two attached hydrogens (primary N) is 1. The molecular formula is C15H14F3N3O2. The summed E-state index contributed by atoms with van der Waals surface area (Å²) in [4.78, 5) is 4.25. The van der Waals surface area contributed by atoms with Crippen molar-refractivity contribution in [2.45, 2.75) is 30.7 Å². The van der Waals surface area contributed by atoms with Gasteiger partial charge in [-0.2, -0.15) is 18.2 Å². The van der Waals surface area contributed by atoms with Gasteiger partial charge < -0.3 is 15.0 Å². The van der Waals surface area contributed by atoms with Gasteiger partial charge in [0.1, 0.15) is 5.60 Å². The number of rotatable bonds is 3. The molecule has 3 fully saturated rings. The molecule has 1 unspecified atom stereocenters. The first-order valence-corrected chi connectivity index (χ1v) is 7.31. The number of ether oxygens (including phenoxy) is 1. The van der Waals surface area contributed by atoms with Crippen molar-refractivity contribution < 1.29 is 22.4 Å². The highest BCUT2D eigenvalue weighted by Crippen LogP contribution is 2.57. The van der Waals surface area contributed by atoms with Gasteiger partial charge in [0.05, 0.1) is 11.7 Å². The van der Waals surface area contributed by atoms with Crippen molar-refractivity contribution in [2.75, 3.05) is 6.54 Å². The molecule has 1 saturated carbocycles. The van der Waals surface area contributed by atoms with E-state index in [1.165, 1.54) is 12.1 Å². The molecule has 0 amide bonds. The van der Waals surface area contributed by atoms with Crippen molar-refractivity contribution >= 4 is 0 Å². The molecule has 1 aromatic carbocycles. The first-order chi connectivity index (χ1) is 10.9. The van der Waals surface area contributed by atoms with Crippen molar-refractivity contribution in [3.63, 3.8) is 0 Å². The van der Waals surface area contributed by atoms with Crippen molar-refractivity contribution in [3.8, 4) is 11.4 Å². The molecular weight excluding hydrogens is 311 g/mol. The number of benzene rings is 1. The van der Waals surface area contributed by atoms with E-state index in [1.54, 1.807) is 0 Å². The zero-order valence-electron chi connectivity index (χ0n) is 12.0. The van der Waals surface area contributed by atoms with E-state index in [0.717, 1.165) is 25.0 Å². The Kier molecular flexibility index (Phi) is 3.05. The van der Waals surface area contributed by atoms with Crippen LogP contribution < -0.4 is 5.73 Å². The van der Waals surface area contributed by atoms with E-state index in [2.05, 4.69) is 10.1 Å². The molecule has 5 rings (SSSR count). The van der Waals surface area contributed by atoms with Crippen LogP contribution in [0.25, 0.3) is 11.4 Å². The molecule has 0 spiro atoms. The van der Waals surface area contributed by atoms with Crippen LogP contribution in [0.5, 0.6) is 0 Å². The Morgan fingerprint density at radius 2 is 2.09 bits per heavy atom. The highest BCUT2D eigenvalue weighted by atomic mass is 19.4. The summed E-state index contributed by atoms with van der Waals surface area (Å²) >= 11 is 0. The summed E-state index contributed by atoms with van der Waals surface area (Å²) < 4.78 is 49.5. The summed E-state index contributed by atoms with van der Waals surface area (Å²) in [5.74, 6) is 0.838. The van der Waals surface area contributed by atoms with Gasteiger partial charge in [0.15, 0.2) is 0 Å². The van der Waals surface area contributed by atoms with E-state index in [-0.39, 0.29) is 17.5 Å². The van der Waals surface area contributed by atoms with Gasteiger partial charge >= 0.3 is 6.18 Å². The molecule has 2 bridgehead atoms. The number of nitrogens with zero attached hydrogens (tertiary/aromatic N) is 2. The molecule has 2 aliphatic heterocycles. The van der Waals surface area contributed by atoms with E-state index in [4.69, 9.17) is 15.0 Å². The van der Waals surface area contributed by atoms with Crippen LogP contribution in [0.1, 0.15) is 24.3 Å². The molecule has 1 aromatic heterocycles. The van der Waals surface area contributed by atoms with Gasteiger partial charge in [0.2, 0.25) is 5.82 Å². The lowest BCUT2D eigenvalue weighted by atomic mass is 9.72. The van der Waals surface area contributed by atoms with Crippen LogP contribution in [-0.2, 0) is 16.5 Å². The van der Waals surface area contributed by atoms with Gasteiger partial charge in [0.25, 0.3) is 5.89 Å². The number of hydrogen-bond acceptors (Lipinski definition) is 5. The van der Waals surface area contributed by atoms with Gasteiger partial charge in [-0.15, -0.1) is 0 Å². The summed E-state index contributed by atoms with van der Waals surface area (Å²) in [5, 5.41) is 3.81. The highest BCUT2D eigenvalue weighted by molar-refractivity contribution is 5.56. The summed E-state index contributed by atoms with van der Waals surface area (Å²) in [7, 11) is 0. The summed E-state index contributed by atoms with van der Waals surface area (Å²) in [6.07, 6.45) is -2.90. The standard InChI is InChI=1S/C15H14F3N3O2/c16-15(17,18)10-3-1-2-8(4-10)12-20-13(23-21-12)14-5-9(6-14)11(7-19)22-14/h1-4,9,11H,5-7,19H2. The van der Waals surface area contributed by atoms with Crippen molar-refractivity contribution in [3.05, 3.63) is 35.7 Å². The Hall–Kier alpha value is -1.93. The van der Waals surface area contributed by atoms with Gasteiger partial charge in [-0.1, -0.05) is 17.3 Å². The van der Waals surface area contributed by atoms with E-state index in [9.17, 15) is 13.2 Å². The van der Waals surface area contributed by atoms with E-state index in [1.807, 2.05) is 0 Å². The molecule has 2 N–H and O–H groups in total. The lowest BCUT2D eigenvalue weighted by Crippen LogP contribution is -2.34. The maximum absolute atomic E-state index is 12.8. The Labute approximate surface area is 129 Å². The number of fused-ring (bicyclic) bond motifs is 1. The molecule has 5 nitrogen and oxygen atoms in total. The van der Waals surface area contributed by atoms with Crippen LogP contribution in [0.3, 0.4) is 0 Å². The fraction of sp³-hybridized carbons (Fsp3) is 0.467. The summed E-state index contributed by atoms with van der Waals surface area (Å²) in [5.41, 5.74) is 4.55. The number of hydrogen-bond donors (Lipinski definition) is 1. The lowest BCUT2D eigenvalue weighted by Gasteiger charge is -2.31. The Balaban J connectivity index is 1.62. The van der Waals surface area contributed by atoms with Gasteiger partial charge in [-0.3, -0.25) is 0 Å². The summed E-state index contributed by atoms with van der Waals surface area (Å²) in [6.45, 7) is 0.432. The number of aromatic nitrogens is 2. The van der Waals surface area contributed by atoms with Crippen molar-refractivity contribution in [1.82, 2.24) is 10.1 Å². The third-order valence-corrected chi connectivity index (χ3v) is 4.58. The fourth-order valence-corrected chi connectivity index (χ4v) is 3.36. The SMILES string of the molecule is NCC1OC2(c3nc(-c4cccc(C(F)(F)F)c4)no3)CC1C2. The lowest BCUT2D eigenvalue weighted by molar-refractivity contribution is -0.137. The molecule has 2 saturated heterocycles. The third-order valence-electron chi connectivity index (χ3n) is 4.58. The second kappa shape index (κ2) is 4.78. The van der Waals surface area contributed by atoms with E-state index >= 15 is 0 Å². The largest absolute Gasteiger partial charge is 0.416 e. The smallest absolute Gasteiger partial charge is 0.360 e. The van der Waals surface area contributed by atoms with E-state index < -0.39 is 17.3 Å². The monoisotopic (exact) mass is 325 g/mol. The maximum atomic E-state index is 12.8. The minimum atomic E-state index is -4.41. The fourth-order valence-electron chi connectivity index (χ4n) is 3.36. The zero-order chi connectivity index (χ0) is 16.2. The predicted molar refractivity (Wildman–Crippen MR) is 73.1 cm³/mol. The number of alkyl halides is 3. The van der Waals surface area contributed by atoms with Gasteiger partial charge in [-0.05, 0) is 30.9 Å². The van der Waals surface area contributed by atoms with Crippen LogP contribution in [0, 0.1) is 5.92 Å². The first kappa shape index (κ1) is 14.6. The van der Waals surface area contributed by atoms with Crippen LogP contribution in [0.4, 0.5) is 13.2 Å². The molecule has 1 aliphatic carbocycles. The quantitative estimate of drug-likeness (QED) is 0.939. The summed E-state index contributed by atoms with van der Waals surface area (Å²) in [6, 6.07) is 4.85. The second-order valence-corrected chi connectivity index (χ2v) is 6.06. The normalized spacial score (nSPS) is 29.6. The maximum Gasteiger partial charge on any atom is 0.416 e. The first-order valence-electron chi connectivity index (χ1n) is 7.31. The Morgan fingerprint density at radius 1 is 1.30 bits per heavy atom. The average molecular weight is 325 g/mol. The second-order valence-electron chi connectivity index (χ2n) is 6.06. The number of halogens is 3. The molecule has 2 aromatic rings. The molecule has 1 atom stereocenters. The Bertz CT molecular complexity index is 738. The molecule has 8 heteroatoms. The molecule has 0 radical (unpaired) electrons. The molecule has 3 aliphatic rings. The van der Waals surface area contributed by atoms with Crippen LogP contribution in [0.2, 0.25) is 0 Å². The van der Waals surface area contributed by atoms with Crippen LogP contribution in [0.15, 0.2) is 28.8 Å². The zero-order valence-corrected chi connectivity index (χ0v) is 12.0. The molecule has 3 heterocycles. The van der Waals surface area contributed by atoms with Crippen LogP contribution >= 0.6 is 0 Å².